The van der Waals surface area contributed by atoms with Gasteiger partial charge in [-0.3, -0.25) is 9.59 Å². The van der Waals surface area contributed by atoms with Crippen LogP contribution in [0.5, 0.6) is 5.75 Å². The molecule has 3 rings (SSSR count). The average molecular weight is 370 g/mol. The van der Waals surface area contributed by atoms with Gasteiger partial charge in [0.05, 0.1) is 18.0 Å². The van der Waals surface area contributed by atoms with Gasteiger partial charge in [0.25, 0.3) is 5.91 Å². The molecular weight excluding hydrogens is 348 g/mol. The number of ether oxygens (including phenoxy) is 1. The molecular formula is C20H22N2O3S. The first-order valence-corrected chi connectivity index (χ1v) is 9.69. The van der Waals surface area contributed by atoms with Gasteiger partial charge in [-0.25, -0.2) is 0 Å². The van der Waals surface area contributed by atoms with Gasteiger partial charge in [-0.15, -0.1) is 11.8 Å². The zero-order valence-corrected chi connectivity index (χ0v) is 15.5. The van der Waals surface area contributed by atoms with Crippen LogP contribution < -0.4 is 15.0 Å². The van der Waals surface area contributed by atoms with Crippen molar-refractivity contribution in [2.45, 2.75) is 24.3 Å². The van der Waals surface area contributed by atoms with Crippen LogP contribution in [0.4, 0.5) is 5.69 Å². The highest BCUT2D eigenvalue weighted by molar-refractivity contribution is 8.00. The Morgan fingerprint density at radius 3 is 2.65 bits per heavy atom. The fourth-order valence-electron chi connectivity index (χ4n) is 2.71. The SMILES string of the molecule is CCCNC(=O)[C@H]1CN(C(=O)CSc2ccccc2)c2ccccc2O1. The number of hydrogen-bond acceptors (Lipinski definition) is 4. The van der Waals surface area contributed by atoms with E-state index in [1.54, 1.807) is 11.0 Å². The molecule has 5 nitrogen and oxygen atoms in total. The number of benzene rings is 2. The van der Waals surface area contributed by atoms with Crippen molar-refractivity contribution in [3.05, 3.63) is 54.6 Å². The second kappa shape index (κ2) is 8.76. The van der Waals surface area contributed by atoms with E-state index in [4.69, 9.17) is 4.74 Å². The molecule has 136 valence electrons. The van der Waals surface area contributed by atoms with Gasteiger partial charge in [-0.05, 0) is 30.7 Å². The maximum Gasteiger partial charge on any atom is 0.262 e. The molecule has 1 aliphatic heterocycles. The maximum atomic E-state index is 12.8. The van der Waals surface area contributed by atoms with Gasteiger partial charge in [0.1, 0.15) is 5.75 Å². The van der Waals surface area contributed by atoms with E-state index >= 15 is 0 Å². The number of fused-ring (bicyclic) bond motifs is 1. The molecule has 0 saturated carbocycles. The molecule has 2 aromatic carbocycles. The summed E-state index contributed by atoms with van der Waals surface area (Å²) in [5.41, 5.74) is 0.714. The van der Waals surface area contributed by atoms with Crippen LogP contribution in [-0.2, 0) is 9.59 Å². The molecule has 1 N–H and O–H groups in total. The Morgan fingerprint density at radius 2 is 1.88 bits per heavy atom. The molecule has 1 aliphatic rings. The van der Waals surface area contributed by atoms with Crippen molar-refractivity contribution in [1.29, 1.82) is 0 Å². The van der Waals surface area contributed by atoms with Crippen LogP contribution >= 0.6 is 11.8 Å². The first-order valence-electron chi connectivity index (χ1n) is 8.70. The highest BCUT2D eigenvalue weighted by atomic mass is 32.2. The smallest absolute Gasteiger partial charge is 0.262 e. The van der Waals surface area contributed by atoms with Crippen LogP contribution in [0.2, 0.25) is 0 Å². The standard InChI is InChI=1S/C20H22N2O3S/c1-2-12-21-20(24)18-13-22(16-10-6-7-11-17(16)25-18)19(23)14-26-15-8-4-3-5-9-15/h3-11,18H,2,12-14H2,1H3,(H,21,24)/t18-/m1/s1. The molecule has 2 aromatic rings. The lowest BCUT2D eigenvalue weighted by molar-refractivity contribution is -0.128. The molecule has 6 heteroatoms. The van der Waals surface area contributed by atoms with E-state index in [2.05, 4.69) is 5.32 Å². The summed E-state index contributed by atoms with van der Waals surface area (Å²) in [6.07, 6.45) is 0.160. The Labute approximate surface area is 157 Å². The number of hydrogen-bond donors (Lipinski definition) is 1. The zero-order valence-electron chi connectivity index (χ0n) is 14.7. The van der Waals surface area contributed by atoms with Crippen LogP contribution in [0.15, 0.2) is 59.5 Å². The number of amides is 2. The van der Waals surface area contributed by atoms with Crippen molar-refractivity contribution in [2.24, 2.45) is 0 Å². The van der Waals surface area contributed by atoms with Crippen LogP contribution in [0, 0.1) is 0 Å². The Kier molecular flexibility index (Phi) is 6.17. The van der Waals surface area contributed by atoms with Crippen LogP contribution in [0.3, 0.4) is 0 Å². The lowest BCUT2D eigenvalue weighted by Gasteiger charge is -2.34. The molecule has 1 heterocycles. The molecule has 0 bridgehead atoms. The Morgan fingerprint density at radius 1 is 1.15 bits per heavy atom. The average Bonchev–Trinajstić information content (AvgIpc) is 2.70. The third-order valence-electron chi connectivity index (χ3n) is 4.02. The van der Waals surface area contributed by atoms with Gasteiger partial charge in [0.15, 0.2) is 6.10 Å². The second-order valence-corrected chi connectivity index (χ2v) is 7.02. The number of rotatable bonds is 6. The van der Waals surface area contributed by atoms with Crippen molar-refractivity contribution in [3.63, 3.8) is 0 Å². The number of thioether (sulfide) groups is 1. The second-order valence-electron chi connectivity index (χ2n) is 5.97. The van der Waals surface area contributed by atoms with Gasteiger partial charge in [0.2, 0.25) is 5.91 Å². The van der Waals surface area contributed by atoms with Crippen molar-refractivity contribution < 1.29 is 14.3 Å². The summed E-state index contributed by atoms with van der Waals surface area (Å²) < 4.78 is 5.82. The summed E-state index contributed by atoms with van der Waals surface area (Å²) in [5, 5.41) is 2.84. The highest BCUT2D eigenvalue weighted by Crippen LogP contribution is 2.34. The summed E-state index contributed by atoms with van der Waals surface area (Å²) in [6, 6.07) is 17.1. The quantitative estimate of drug-likeness (QED) is 0.794. The summed E-state index contributed by atoms with van der Waals surface area (Å²) in [6.45, 7) is 2.81. The lowest BCUT2D eigenvalue weighted by atomic mass is 10.1. The van der Waals surface area contributed by atoms with E-state index in [0.717, 1.165) is 11.3 Å². The number of nitrogens with one attached hydrogen (secondary N) is 1. The van der Waals surface area contributed by atoms with Gasteiger partial charge in [-0.1, -0.05) is 37.3 Å². The molecule has 1 atom stereocenters. The van der Waals surface area contributed by atoms with E-state index in [1.165, 1.54) is 11.8 Å². The minimum absolute atomic E-state index is 0.0390. The Hall–Kier alpha value is -2.47. The van der Waals surface area contributed by atoms with E-state index in [-0.39, 0.29) is 18.4 Å². The molecule has 0 aromatic heterocycles. The maximum absolute atomic E-state index is 12.8. The zero-order chi connectivity index (χ0) is 18.4. The van der Waals surface area contributed by atoms with E-state index in [9.17, 15) is 9.59 Å². The fraction of sp³-hybridized carbons (Fsp3) is 0.300. The van der Waals surface area contributed by atoms with Gasteiger partial charge < -0.3 is 15.0 Å². The van der Waals surface area contributed by atoms with Crippen LogP contribution in [0.1, 0.15) is 13.3 Å². The first-order chi connectivity index (χ1) is 12.7. The largest absolute Gasteiger partial charge is 0.477 e. The van der Waals surface area contributed by atoms with E-state index < -0.39 is 6.10 Å². The molecule has 0 aliphatic carbocycles. The van der Waals surface area contributed by atoms with Crippen molar-refractivity contribution >= 4 is 29.3 Å². The number of carbonyl (C=O) groups excluding carboxylic acids is 2. The molecule has 0 radical (unpaired) electrons. The van der Waals surface area contributed by atoms with Crippen molar-refractivity contribution in [2.75, 3.05) is 23.7 Å². The summed E-state index contributed by atoms with van der Waals surface area (Å²) in [4.78, 5) is 27.9. The van der Waals surface area contributed by atoms with Crippen LogP contribution in [0.25, 0.3) is 0 Å². The molecule has 2 amide bonds. The highest BCUT2D eigenvalue weighted by Gasteiger charge is 2.33. The molecule has 0 spiro atoms. The van der Waals surface area contributed by atoms with Crippen molar-refractivity contribution in [3.8, 4) is 5.75 Å². The van der Waals surface area contributed by atoms with E-state index in [1.807, 2.05) is 55.5 Å². The summed E-state index contributed by atoms with van der Waals surface area (Å²) in [7, 11) is 0. The summed E-state index contributed by atoms with van der Waals surface area (Å²) >= 11 is 1.49. The number of anilines is 1. The lowest BCUT2D eigenvalue weighted by Crippen LogP contribution is -2.51. The van der Waals surface area contributed by atoms with Gasteiger partial charge in [0, 0.05) is 11.4 Å². The predicted octanol–water partition coefficient (Wildman–Crippen LogP) is 3.10. The minimum Gasteiger partial charge on any atom is -0.477 e. The first kappa shape index (κ1) is 18.3. The third kappa shape index (κ3) is 4.38. The third-order valence-corrected chi connectivity index (χ3v) is 5.02. The monoisotopic (exact) mass is 370 g/mol. The van der Waals surface area contributed by atoms with E-state index in [0.29, 0.717) is 23.7 Å². The molecule has 26 heavy (non-hydrogen) atoms. The normalized spacial score (nSPS) is 15.7. The molecule has 0 fully saturated rings. The van der Waals surface area contributed by atoms with Gasteiger partial charge in [-0.2, -0.15) is 0 Å². The Bertz CT molecular complexity index is 767. The minimum atomic E-state index is -0.692. The molecule has 0 saturated heterocycles. The topological polar surface area (TPSA) is 58.6 Å². The van der Waals surface area contributed by atoms with Crippen LogP contribution in [-0.4, -0.2) is 36.8 Å². The fourth-order valence-corrected chi connectivity index (χ4v) is 3.50. The number of nitrogens with zero attached hydrogens (tertiary/aromatic N) is 1. The molecule has 0 unspecified atom stereocenters. The van der Waals surface area contributed by atoms with Crippen molar-refractivity contribution in [1.82, 2.24) is 5.32 Å². The number of para-hydroxylation sites is 2. The number of carbonyl (C=O) groups is 2. The summed E-state index contributed by atoms with van der Waals surface area (Å²) in [5.74, 6) is 0.646. The van der Waals surface area contributed by atoms with Gasteiger partial charge >= 0.3 is 0 Å². The predicted molar refractivity (Wildman–Crippen MR) is 104 cm³/mol. The Balaban J connectivity index is 1.73.